The highest BCUT2D eigenvalue weighted by molar-refractivity contribution is 7.75. The number of alkyl halides is 3. The van der Waals surface area contributed by atoms with Gasteiger partial charge in [0.15, 0.2) is 5.40 Å². The summed E-state index contributed by atoms with van der Waals surface area (Å²) >= 11 is 28.0. The summed E-state index contributed by atoms with van der Waals surface area (Å²) in [6, 6.07) is 15.3. The third kappa shape index (κ3) is 15.4. The van der Waals surface area contributed by atoms with Gasteiger partial charge in [0, 0.05) is 15.6 Å². The zero-order chi connectivity index (χ0) is 52.2. The minimum Gasteiger partial charge on any atom is -0.364 e. The number of hydrogen-bond acceptors (Lipinski definition) is 9. The Labute approximate surface area is 397 Å². The first kappa shape index (κ1) is 63.8. The molecule has 3 aromatic carbocycles. The molecule has 374 valence electrons. The van der Waals surface area contributed by atoms with Gasteiger partial charge in [-0.2, -0.15) is 0 Å². The maximum atomic E-state index is 11.2. The molecule has 1 aliphatic carbocycles. The van der Waals surface area contributed by atoms with E-state index in [0.717, 1.165) is 48.5 Å². The van der Waals surface area contributed by atoms with Crippen LogP contribution in [0.15, 0.2) is 103 Å². The monoisotopic (exact) mass is 1200 g/mol. The van der Waals surface area contributed by atoms with E-state index in [1.807, 2.05) is 0 Å². The van der Waals surface area contributed by atoms with Gasteiger partial charge in [0.1, 0.15) is 0 Å². The Morgan fingerprint density at radius 1 is 0.455 bits per heavy atom. The van der Waals surface area contributed by atoms with Crippen LogP contribution in [-0.2, 0) is 50.3 Å². The zero-order valence-corrected chi connectivity index (χ0v) is 42.9. The van der Waals surface area contributed by atoms with Gasteiger partial charge in [-0.3, -0.25) is 36.5 Å². The zero-order valence-electron chi connectivity index (χ0n) is 31.9. The van der Waals surface area contributed by atoms with Crippen LogP contribution in [0.2, 0.25) is 10.0 Å². The molecule has 38 heteroatoms. The third-order valence-electron chi connectivity index (χ3n) is 8.06. The molecule has 0 fully saturated rings. The Hall–Kier alpha value is -0.250. The number of halogens is 5. The molecule has 1 atom stereocenters. The van der Waals surface area contributed by atoms with Gasteiger partial charge in [-0.15, -0.1) is 11.6 Å². The van der Waals surface area contributed by atoms with E-state index in [9.17, 15) is 41.6 Å². The molecule has 25 nitrogen and oxygen atoms in total. The van der Waals surface area contributed by atoms with E-state index in [2.05, 4.69) is 0 Å². The molecule has 17 N–H and O–H groups in total. The molecule has 0 saturated carbocycles. The Kier molecular flexibility index (Phi) is 21.9. The van der Waals surface area contributed by atoms with Crippen molar-refractivity contribution in [1.29, 1.82) is 0 Å². The fourth-order valence-corrected chi connectivity index (χ4v) is 16.5. The Morgan fingerprint density at radius 3 is 1.02 bits per heavy atom. The molecule has 0 aromatic heterocycles. The smallest absolute Gasteiger partial charge is 0.364 e. The van der Waals surface area contributed by atoms with Crippen LogP contribution in [0.1, 0.15) is 23.1 Å². The molecule has 1 unspecified atom stereocenters. The van der Waals surface area contributed by atoms with Crippen molar-refractivity contribution in [2.24, 2.45) is 0 Å². The van der Waals surface area contributed by atoms with E-state index in [1.165, 1.54) is 48.6 Å². The van der Waals surface area contributed by atoms with Gasteiger partial charge < -0.3 is 83.4 Å². The summed E-state index contributed by atoms with van der Waals surface area (Å²) in [6.07, 6.45) is 5.61. The lowest BCUT2D eigenvalue weighted by molar-refractivity contribution is 0.131. The van der Waals surface area contributed by atoms with E-state index in [-0.39, 0.29) is 22.0 Å². The number of hydrogen-bond donors (Lipinski definition) is 17. The Morgan fingerprint density at radius 2 is 0.758 bits per heavy atom. The quantitative estimate of drug-likeness (QED) is 0.0797. The van der Waals surface area contributed by atoms with E-state index in [1.54, 1.807) is 6.08 Å². The summed E-state index contributed by atoms with van der Waals surface area (Å²) in [5.74, 6) is 0. The minimum absolute atomic E-state index is 0.0497. The van der Waals surface area contributed by atoms with Crippen LogP contribution in [0.4, 0.5) is 0 Å². The van der Waals surface area contributed by atoms with Crippen molar-refractivity contribution in [2.45, 2.75) is 30.5 Å². The van der Waals surface area contributed by atoms with Crippen LogP contribution in [0, 0.1) is 0 Å². The standard InChI is InChI=1S/C7H8Cl2O6P2.C7H9ClO7P2.C7H11ClO6P2.C7H9ClO6P2/c2*8-6-3-1-5(2-4-6)7(9,16(10,11)12)17(13,14)15;8-7(4-2-1-3-5-7)6(15(9,10)11)16(12,13)14;8-7(15(9,10)11,16(12,13)14)6-4-2-1-3-5-6/h1-4H,(H2,10,11,12)(H2,13,14,15);1-4,9H,(H2,10,11,12)(H2,13,14,15);1-4,6H,5H2,(H2,9,10,11)(H2,12,13,14);1-5H,(H2,9,10,11)(H2,12,13,14). The van der Waals surface area contributed by atoms with Crippen molar-refractivity contribution in [3.05, 3.63) is 130 Å². The van der Waals surface area contributed by atoms with Crippen molar-refractivity contribution in [2.75, 3.05) is 0 Å². The normalized spacial score (nSPS) is 16.8. The van der Waals surface area contributed by atoms with E-state index in [0.29, 0.717) is 0 Å². The summed E-state index contributed by atoms with van der Waals surface area (Å²) in [6.45, 7) is 0. The maximum Gasteiger partial charge on any atom is 0.374 e. The average molecular weight is 1200 g/mol. The molecule has 0 aliphatic heterocycles. The molecule has 0 heterocycles. The highest BCUT2D eigenvalue weighted by Crippen LogP contribution is 2.78. The molecule has 1 aliphatic rings. The fourth-order valence-electron chi connectivity index (χ4n) is 5.06. The first-order valence-corrected chi connectivity index (χ1v) is 31.3. The largest absolute Gasteiger partial charge is 0.374 e. The number of aliphatic hydroxyl groups is 1. The van der Waals surface area contributed by atoms with E-state index >= 15 is 0 Å². The highest BCUT2D eigenvalue weighted by atomic mass is 35.5. The van der Waals surface area contributed by atoms with Gasteiger partial charge in [-0.05, 0) is 41.8 Å². The molecular weight excluding hydrogens is 1160 g/mol. The number of benzene rings is 3. The van der Waals surface area contributed by atoms with Gasteiger partial charge in [-0.25, -0.2) is 0 Å². The molecule has 0 bridgehead atoms. The summed E-state index contributed by atoms with van der Waals surface area (Å²) in [7, 11) is -42.0. The molecule has 0 saturated heterocycles. The topological polar surface area (TPSA) is 480 Å². The van der Waals surface area contributed by atoms with Gasteiger partial charge in [0.25, 0.3) is 13.8 Å². The lowest BCUT2D eigenvalue weighted by Crippen LogP contribution is -2.35. The van der Waals surface area contributed by atoms with E-state index < -0.39 is 96.0 Å². The third-order valence-corrected chi connectivity index (χ3v) is 27.4. The predicted octanol–water partition coefficient (Wildman–Crippen LogP) is 5.40. The van der Waals surface area contributed by atoms with Crippen molar-refractivity contribution in [1.82, 2.24) is 0 Å². The number of rotatable bonds is 12. The highest BCUT2D eigenvalue weighted by Gasteiger charge is 2.63. The van der Waals surface area contributed by atoms with Gasteiger partial charge in [0.05, 0.1) is 4.87 Å². The van der Waals surface area contributed by atoms with Gasteiger partial charge >= 0.3 is 60.8 Å². The maximum absolute atomic E-state index is 11.2. The lowest BCUT2D eigenvalue weighted by atomic mass is 10.0. The van der Waals surface area contributed by atoms with Gasteiger partial charge in [-0.1, -0.05) is 125 Å². The molecule has 0 radical (unpaired) electrons. The van der Waals surface area contributed by atoms with Crippen LogP contribution in [0.5, 0.6) is 0 Å². The molecule has 3 aromatic rings. The summed E-state index contributed by atoms with van der Waals surface area (Å²) in [4.78, 5) is 142. The van der Waals surface area contributed by atoms with Crippen molar-refractivity contribution in [3.8, 4) is 0 Å². The van der Waals surface area contributed by atoms with Gasteiger partial charge in [0.2, 0.25) is 0 Å². The van der Waals surface area contributed by atoms with Crippen LogP contribution in [-0.4, -0.2) is 93.7 Å². The van der Waals surface area contributed by atoms with E-state index in [4.69, 9.17) is 136 Å². The molecule has 0 amide bonds. The van der Waals surface area contributed by atoms with Crippen LogP contribution in [0.25, 0.3) is 0 Å². The second-order valence-corrected chi connectivity index (χ2v) is 32.0. The summed E-state index contributed by atoms with van der Waals surface area (Å²) < 4.78 is 83.2. The first-order chi connectivity index (χ1) is 29.2. The molecule has 4 rings (SSSR count). The summed E-state index contributed by atoms with van der Waals surface area (Å²) in [5.41, 5.74) is -1.33. The minimum atomic E-state index is -5.50. The molecular formula is C28H37Cl5O25P8. The SMILES string of the molecule is O=P(O)(O)C(C1(Cl)C=CC=CC1)P(=O)(O)O.O=P(O)(O)C(Cl)(c1ccc(Cl)cc1)P(=O)(O)O.O=P(O)(O)C(Cl)(c1ccccc1)P(=O)(O)O.O=P(O)(O)C(O)(c1ccc(Cl)cc1)P(=O)(O)O. The average Bonchev–Trinajstić information content (AvgIpc) is 3.12. The van der Waals surface area contributed by atoms with Crippen molar-refractivity contribution in [3.63, 3.8) is 0 Å². The second kappa shape index (κ2) is 22.7. The molecule has 0 spiro atoms. The Bertz CT molecular complexity index is 2430. The lowest BCUT2D eigenvalue weighted by Gasteiger charge is -2.33. The van der Waals surface area contributed by atoms with Crippen molar-refractivity contribution >= 4 is 119 Å². The van der Waals surface area contributed by atoms with Crippen molar-refractivity contribution < 1.29 is 120 Å². The second-order valence-electron chi connectivity index (χ2n) is 12.9. The van der Waals surface area contributed by atoms with Crippen LogP contribution >= 0.6 is 119 Å². The Balaban J connectivity index is 0.000000440. The van der Waals surface area contributed by atoms with Crippen LogP contribution in [0.3, 0.4) is 0 Å². The predicted molar refractivity (Wildman–Crippen MR) is 240 cm³/mol. The number of allylic oxidation sites excluding steroid dienone is 4. The van der Waals surface area contributed by atoms with Crippen LogP contribution < -0.4 is 0 Å². The molecule has 66 heavy (non-hydrogen) atoms. The fraction of sp³-hybridized carbons (Fsp3) is 0.214. The first-order valence-electron chi connectivity index (χ1n) is 16.3. The summed E-state index contributed by atoms with van der Waals surface area (Å²) in [5, 5.41) is 4.31.